The summed E-state index contributed by atoms with van der Waals surface area (Å²) in [5.41, 5.74) is 6.34. The highest BCUT2D eigenvalue weighted by Gasteiger charge is 2.20. The van der Waals surface area contributed by atoms with Gasteiger partial charge in [0.05, 0.1) is 5.56 Å². The SMILES string of the molecule is N#Cc1c(/N=C/c2ccc(N(c3ccccc3)c3ccccc3)cc2)sc2c1CCCC2. The fourth-order valence-corrected chi connectivity index (χ4v) is 5.39. The van der Waals surface area contributed by atoms with Crippen molar-refractivity contribution in [3.05, 3.63) is 106 Å². The van der Waals surface area contributed by atoms with Crippen LogP contribution in [0.25, 0.3) is 0 Å². The molecule has 0 N–H and O–H groups in total. The van der Waals surface area contributed by atoms with Crippen molar-refractivity contribution in [1.82, 2.24) is 0 Å². The number of aryl methyl sites for hydroxylation is 1. The molecule has 0 aliphatic heterocycles. The number of hydrogen-bond acceptors (Lipinski definition) is 4. The fraction of sp³-hybridized carbons (Fsp3) is 0.143. The van der Waals surface area contributed by atoms with Gasteiger partial charge in [0, 0.05) is 28.2 Å². The van der Waals surface area contributed by atoms with Gasteiger partial charge in [0.15, 0.2) is 0 Å². The van der Waals surface area contributed by atoms with Gasteiger partial charge in [-0.25, -0.2) is 4.99 Å². The van der Waals surface area contributed by atoms with Gasteiger partial charge in [-0.3, -0.25) is 0 Å². The minimum Gasteiger partial charge on any atom is -0.311 e. The lowest BCUT2D eigenvalue weighted by Crippen LogP contribution is -2.09. The van der Waals surface area contributed by atoms with Crippen LogP contribution in [0.3, 0.4) is 0 Å². The fourth-order valence-electron chi connectivity index (χ4n) is 4.20. The normalized spacial score (nSPS) is 13.0. The molecule has 3 aromatic carbocycles. The van der Waals surface area contributed by atoms with Crippen LogP contribution in [0.5, 0.6) is 0 Å². The Balaban J connectivity index is 1.44. The lowest BCUT2D eigenvalue weighted by Gasteiger charge is -2.25. The van der Waals surface area contributed by atoms with Crippen LogP contribution in [-0.4, -0.2) is 6.21 Å². The van der Waals surface area contributed by atoms with E-state index in [1.807, 2.05) is 18.3 Å². The second-order valence-corrected chi connectivity index (χ2v) is 8.94. The number of nitrogens with zero attached hydrogens (tertiary/aromatic N) is 3. The number of aliphatic imine (C=N–C) groups is 1. The van der Waals surface area contributed by atoms with Crippen molar-refractivity contribution in [3.63, 3.8) is 0 Å². The first-order chi connectivity index (χ1) is 15.8. The van der Waals surface area contributed by atoms with E-state index < -0.39 is 0 Å². The van der Waals surface area contributed by atoms with E-state index in [9.17, 15) is 5.26 Å². The smallest absolute Gasteiger partial charge is 0.134 e. The number of anilines is 3. The zero-order valence-corrected chi connectivity index (χ0v) is 18.6. The third-order valence-corrected chi connectivity index (χ3v) is 6.98. The van der Waals surface area contributed by atoms with Crippen molar-refractivity contribution in [2.24, 2.45) is 4.99 Å². The van der Waals surface area contributed by atoms with Gasteiger partial charge in [-0.2, -0.15) is 5.26 Å². The number of thiophene rings is 1. The Morgan fingerprint density at radius 2 is 1.38 bits per heavy atom. The van der Waals surface area contributed by atoms with Crippen molar-refractivity contribution in [3.8, 4) is 6.07 Å². The molecule has 0 saturated carbocycles. The molecule has 1 aliphatic carbocycles. The Hall–Kier alpha value is -3.68. The first-order valence-electron chi connectivity index (χ1n) is 10.9. The molecule has 4 heteroatoms. The molecular formula is C28H23N3S. The molecule has 0 saturated heterocycles. The third kappa shape index (κ3) is 4.08. The van der Waals surface area contributed by atoms with E-state index in [0.29, 0.717) is 0 Å². The number of benzene rings is 3. The number of nitriles is 1. The van der Waals surface area contributed by atoms with E-state index in [-0.39, 0.29) is 0 Å². The maximum Gasteiger partial charge on any atom is 0.134 e. The molecule has 0 atom stereocenters. The molecule has 0 amide bonds. The van der Waals surface area contributed by atoms with Crippen LogP contribution >= 0.6 is 11.3 Å². The van der Waals surface area contributed by atoms with E-state index in [1.165, 1.54) is 23.3 Å². The van der Waals surface area contributed by atoms with E-state index in [2.05, 4.69) is 83.8 Å². The average molecular weight is 434 g/mol. The largest absolute Gasteiger partial charge is 0.311 e. The third-order valence-electron chi connectivity index (χ3n) is 5.78. The quantitative estimate of drug-likeness (QED) is 0.302. The highest BCUT2D eigenvalue weighted by molar-refractivity contribution is 7.16. The van der Waals surface area contributed by atoms with Crippen molar-refractivity contribution in [2.75, 3.05) is 4.90 Å². The molecule has 1 aromatic heterocycles. The maximum absolute atomic E-state index is 9.65. The molecule has 5 rings (SSSR count). The molecular weight excluding hydrogens is 410 g/mol. The van der Waals surface area contributed by atoms with Crippen LogP contribution in [-0.2, 0) is 12.8 Å². The number of hydrogen-bond donors (Lipinski definition) is 0. The zero-order chi connectivity index (χ0) is 21.8. The molecule has 3 nitrogen and oxygen atoms in total. The van der Waals surface area contributed by atoms with Crippen molar-refractivity contribution < 1.29 is 0 Å². The Kier molecular flexibility index (Phi) is 5.83. The van der Waals surface area contributed by atoms with Gasteiger partial charge in [-0.1, -0.05) is 48.5 Å². The Bertz CT molecular complexity index is 1230. The zero-order valence-electron chi connectivity index (χ0n) is 17.7. The van der Waals surface area contributed by atoms with Crippen LogP contribution in [0.15, 0.2) is 89.9 Å². The summed E-state index contributed by atoms with van der Waals surface area (Å²) in [4.78, 5) is 8.28. The summed E-state index contributed by atoms with van der Waals surface area (Å²) in [6.45, 7) is 0. The molecule has 0 spiro atoms. The Morgan fingerprint density at radius 1 is 0.781 bits per heavy atom. The molecule has 1 heterocycles. The predicted molar refractivity (Wildman–Crippen MR) is 134 cm³/mol. The lowest BCUT2D eigenvalue weighted by molar-refractivity contribution is 0.696. The second-order valence-electron chi connectivity index (χ2n) is 7.86. The molecule has 32 heavy (non-hydrogen) atoms. The van der Waals surface area contributed by atoms with E-state index in [0.717, 1.165) is 46.0 Å². The summed E-state index contributed by atoms with van der Waals surface area (Å²) in [7, 11) is 0. The topological polar surface area (TPSA) is 39.4 Å². The lowest BCUT2D eigenvalue weighted by atomic mass is 9.96. The molecule has 0 unspecified atom stereocenters. The highest BCUT2D eigenvalue weighted by Crippen LogP contribution is 2.39. The predicted octanol–water partition coefficient (Wildman–Crippen LogP) is 7.72. The van der Waals surface area contributed by atoms with E-state index in [1.54, 1.807) is 11.3 Å². The van der Waals surface area contributed by atoms with Crippen molar-refractivity contribution >= 4 is 39.6 Å². The molecule has 1 aliphatic rings. The van der Waals surface area contributed by atoms with Gasteiger partial charge in [0.2, 0.25) is 0 Å². The Morgan fingerprint density at radius 3 is 2.00 bits per heavy atom. The first kappa shape index (κ1) is 20.2. The first-order valence-corrected chi connectivity index (χ1v) is 11.7. The van der Waals surface area contributed by atoms with Crippen LogP contribution in [0, 0.1) is 11.3 Å². The second kappa shape index (κ2) is 9.21. The minimum atomic E-state index is 0.775. The molecule has 0 fully saturated rings. The molecule has 0 bridgehead atoms. The number of rotatable bonds is 5. The van der Waals surface area contributed by atoms with Gasteiger partial charge >= 0.3 is 0 Å². The summed E-state index contributed by atoms with van der Waals surface area (Å²) in [5, 5.41) is 10.5. The van der Waals surface area contributed by atoms with Crippen molar-refractivity contribution in [1.29, 1.82) is 5.26 Å². The van der Waals surface area contributed by atoms with E-state index >= 15 is 0 Å². The van der Waals surface area contributed by atoms with Gasteiger partial charge in [-0.15, -0.1) is 11.3 Å². The van der Waals surface area contributed by atoms with Gasteiger partial charge < -0.3 is 4.90 Å². The minimum absolute atomic E-state index is 0.775. The van der Waals surface area contributed by atoms with Crippen LogP contribution < -0.4 is 4.90 Å². The maximum atomic E-state index is 9.65. The van der Waals surface area contributed by atoms with Gasteiger partial charge in [-0.05, 0) is 73.2 Å². The molecule has 156 valence electrons. The van der Waals surface area contributed by atoms with Crippen molar-refractivity contribution in [2.45, 2.75) is 25.7 Å². The Labute approximate surface area is 192 Å². The van der Waals surface area contributed by atoms with E-state index in [4.69, 9.17) is 4.99 Å². The summed E-state index contributed by atoms with van der Waals surface area (Å²) in [6, 6.07) is 31.5. The number of fused-ring (bicyclic) bond motifs is 1. The van der Waals surface area contributed by atoms with Gasteiger partial charge in [0.1, 0.15) is 11.1 Å². The summed E-state index contributed by atoms with van der Waals surface area (Å²) >= 11 is 1.68. The standard InChI is InChI=1S/C28H23N3S/c29-19-26-25-13-7-8-14-27(25)32-28(26)30-20-21-15-17-24(18-16-21)31(22-9-3-1-4-10-22)23-11-5-2-6-12-23/h1-6,9-12,15-18,20H,7-8,13-14H2/b30-20+. The van der Waals surface area contributed by atoms with Crippen LogP contribution in [0.2, 0.25) is 0 Å². The monoisotopic (exact) mass is 433 g/mol. The average Bonchev–Trinajstić information content (AvgIpc) is 3.22. The van der Waals surface area contributed by atoms with Crippen LogP contribution in [0.1, 0.15) is 34.4 Å². The summed E-state index contributed by atoms with van der Waals surface area (Å²) in [5.74, 6) is 0. The highest BCUT2D eigenvalue weighted by atomic mass is 32.1. The summed E-state index contributed by atoms with van der Waals surface area (Å²) < 4.78 is 0. The number of para-hydroxylation sites is 2. The molecule has 4 aromatic rings. The van der Waals surface area contributed by atoms with Gasteiger partial charge in [0.25, 0.3) is 0 Å². The van der Waals surface area contributed by atoms with Crippen LogP contribution in [0.4, 0.5) is 22.1 Å². The molecule has 0 radical (unpaired) electrons. The summed E-state index contributed by atoms with van der Waals surface area (Å²) in [6.07, 6.45) is 6.34.